The molecule has 2 aliphatic carbocycles. The van der Waals surface area contributed by atoms with Crippen LogP contribution in [0.15, 0.2) is 0 Å². The molecule has 0 spiro atoms. The lowest BCUT2D eigenvalue weighted by Gasteiger charge is -2.21. The van der Waals surface area contributed by atoms with E-state index in [1.54, 1.807) is 13.8 Å². The number of rotatable bonds is 2. The molecule has 0 heterocycles. The summed E-state index contributed by atoms with van der Waals surface area (Å²) in [5.74, 6) is 1.64. The van der Waals surface area contributed by atoms with Gasteiger partial charge in [0.25, 0.3) is 0 Å². The highest BCUT2D eigenvalue weighted by atomic mass is 16.1. The largest absolute Gasteiger partial charge is 0.300 e. The summed E-state index contributed by atoms with van der Waals surface area (Å²) in [5, 5.41) is 0. The summed E-state index contributed by atoms with van der Waals surface area (Å²) >= 11 is 0. The summed E-state index contributed by atoms with van der Waals surface area (Å²) in [4.78, 5) is 21.1. The van der Waals surface area contributed by atoms with Crippen molar-refractivity contribution in [3.63, 3.8) is 0 Å². The molecule has 2 saturated carbocycles. The van der Waals surface area contributed by atoms with Crippen molar-refractivity contribution in [2.24, 2.45) is 11.8 Å². The Morgan fingerprint density at radius 1 is 0.571 bits per heavy atom. The molecule has 0 aliphatic heterocycles. The molecule has 2 fully saturated rings. The fourth-order valence-electron chi connectivity index (χ4n) is 2.15. The van der Waals surface area contributed by atoms with Gasteiger partial charge in [0.05, 0.1) is 0 Å². The van der Waals surface area contributed by atoms with E-state index in [1.807, 2.05) is 41.5 Å². The van der Waals surface area contributed by atoms with Gasteiger partial charge in [-0.25, -0.2) is 0 Å². The van der Waals surface area contributed by atoms with Crippen molar-refractivity contribution < 1.29 is 9.59 Å². The highest BCUT2D eigenvalue weighted by Gasteiger charge is 2.20. The van der Waals surface area contributed by atoms with Crippen LogP contribution in [0.25, 0.3) is 0 Å². The standard InChI is InChI=1S/C7H12O.C6H10O.3C2H6/c1-6(8)7-4-2-3-5-7;1-5(7)6-3-2-4-6;3*1-2/h7H,2-5H2,1H3;6H,2-4H2,1H3;3*1-2H3. The van der Waals surface area contributed by atoms with Crippen LogP contribution in [0.2, 0.25) is 0 Å². The minimum atomic E-state index is 0.381. The third-order valence-corrected chi connectivity index (χ3v) is 3.61. The maximum absolute atomic E-state index is 10.6. The van der Waals surface area contributed by atoms with Gasteiger partial charge in [-0.15, -0.1) is 0 Å². The molecule has 0 N–H and O–H groups in total. The van der Waals surface area contributed by atoms with E-state index >= 15 is 0 Å². The molecular weight excluding hydrogens is 260 g/mol. The van der Waals surface area contributed by atoms with Crippen LogP contribution in [0, 0.1) is 11.8 Å². The molecular formula is C19H40O2. The molecule has 0 radical (unpaired) electrons. The van der Waals surface area contributed by atoms with Crippen LogP contribution in [0.4, 0.5) is 0 Å². The van der Waals surface area contributed by atoms with Crippen LogP contribution in [0.5, 0.6) is 0 Å². The normalized spacial score (nSPS) is 16.2. The first-order valence-electron chi connectivity index (χ1n) is 9.12. The summed E-state index contributed by atoms with van der Waals surface area (Å²) in [6.07, 6.45) is 8.40. The zero-order valence-corrected chi connectivity index (χ0v) is 15.9. The minimum Gasteiger partial charge on any atom is -0.300 e. The van der Waals surface area contributed by atoms with E-state index in [4.69, 9.17) is 0 Å². The lowest BCUT2D eigenvalue weighted by atomic mass is 9.83. The third kappa shape index (κ3) is 14.1. The number of hydrogen-bond donors (Lipinski definition) is 0. The van der Waals surface area contributed by atoms with Crippen molar-refractivity contribution in [2.75, 3.05) is 0 Å². The average molecular weight is 301 g/mol. The summed E-state index contributed by atoms with van der Waals surface area (Å²) in [6, 6.07) is 0. The van der Waals surface area contributed by atoms with Crippen LogP contribution in [0.3, 0.4) is 0 Å². The molecule has 0 aromatic heterocycles. The molecule has 0 atom stereocenters. The summed E-state index contributed by atoms with van der Waals surface area (Å²) in [5.41, 5.74) is 0. The maximum Gasteiger partial charge on any atom is 0.132 e. The van der Waals surface area contributed by atoms with Crippen molar-refractivity contribution in [3.8, 4) is 0 Å². The Balaban J connectivity index is -0.000000229. The minimum absolute atomic E-state index is 0.381. The van der Waals surface area contributed by atoms with E-state index in [-0.39, 0.29) is 0 Å². The van der Waals surface area contributed by atoms with E-state index < -0.39 is 0 Å². The fraction of sp³-hybridized carbons (Fsp3) is 0.895. The average Bonchev–Trinajstić information content (AvgIpc) is 2.98. The van der Waals surface area contributed by atoms with Gasteiger partial charge < -0.3 is 0 Å². The van der Waals surface area contributed by atoms with E-state index in [0.29, 0.717) is 23.4 Å². The Labute approximate surface area is 134 Å². The summed E-state index contributed by atoms with van der Waals surface area (Å²) in [7, 11) is 0. The van der Waals surface area contributed by atoms with Crippen molar-refractivity contribution in [2.45, 2.75) is 100 Å². The highest BCUT2D eigenvalue weighted by molar-refractivity contribution is 5.79. The molecule has 2 heteroatoms. The van der Waals surface area contributed by atoms with Gasteiger partial charge in [-0.3, -0.25) is 9.59 Å². The Hall–Kier alpha value is -0.660. The zero-order valence-electron chi connectivity index (χ0n) is 15.9. The van der Waals surface area contributed by atoms with Gasteiger partial charge in [-0.2, -0.15) is 0 Å². The highest BCUT2D eigenvalue weighted by Crippen LogP contribution is 2.26. The Kier molecular flexibility index (Phi) is 23.3. The molecule has 0 aromatic rings. The van der Waals surface area contributed by atoms with Crippen LogP contribution >= 0.6 is 0 Å². The molecule has 2 rings (SSSR count). The lowest BCUT2D eigenvalue weighted by Crippen LogP contribution is -2.18. The molecule has 0 aromatic carbocycles. The van der Waals surface area contributed by atoms with Gasteiger partial charge in [-0.05, 0) is 39.5 Å². The maximum atomic E-state index is 10.6. The lowest BCUT2D eigenvalue weighted by molar-refractivity contribution is -0.123. The molecule has 2 nitrogen and oxygen atoms in total. The number of ketones is 2. The van der Waals surface area contributed by atoms with Gasteiger partial charge in [0, 0.05) is 11.8 Å². The molecule has 21 heavy (non-hydrogen) atoms. The SMILES string of the molecule is CC.CC.CC.CC(=O)C1CCC1.CC(=O)C1CCCC1. The molecule has 2 aliphatic rings. The topological polar surface area (TPSA) is 34.1 Å². The summed E-state index contributed by atoms with van der Waals surface area (Å²) < 4.78 is 0. The van der Waals surface area contributed by atoms with Crippen LogP contribution in [0.1, 0.15) is 100 Å². The second kappa shape index (κ2) is 19.3. The number of hydrogen-bond acceptors (Lipinski definition) is 2. The number of Topliss-reactive ketones (excluding diaryl/α,β-unsaturated/α-hetero) is 2. The van der Waals surface area contributed by atoms with Gasteiger partial charge >= 0.3 is 0 Å². The first-order valence-corrected chi connectivity index (χ1v) is 9.12. The zero-order chi connectivity index (χ0) is 17.3. The first-order chi connectivity index (χ1) is 10.1. The van der Waals surface area contributed by atoms with Crippen LogP contribution < -0.4 is 0 Å². The predicted molar refractivity (Wildman–Crippen MR) is 94.7 cm³/mol. The van der Waals surface area contributed by atoms with Gasteiger partial charge in [0.1, 0.15) is 11.6 Å². The van der Waals surface area contributed by atoms with E-state index in [1.165, 1.54) is 19.3 Å². The quantitative estimate of drug-likeness (QED) is 0.606. The van der Waals surface area contributed by atoms with Crippen LogP contribution in [-0.2, 0) is 9.59 Å². The Morgan fingerprint density at radius 2 is 0.810 bits per heavy atom. The fourth-order valence-corrected chi connectivity index (χ4v) is 2.15. The van der Waals surface area contributed by atoms with E-state index in [0.717, 1.165) is 25.7 Å². The van der Waals surface area contributed by atoms with Crippen molar-refractivity contribution in [1.82, 2.24) is 0 Å². The Bertz CT molecular complexity index is 224. The Morgan fingerprint density at radius 3 is 0.905 bits per heavy atom. The number of carbonyl (C=O) groups is 2. The van der Waals surface area contributed by atoms with E-state index in [9.17, 15) is 9.59 Å². The molecule has 128 valence electrons. The van der Waals surface area contributed by atoms with E-state index in [2.05, 4.69) is 0 Å². The molecule has 0 unspecified atom stereocenters. The second-order valence-electron chi connectivity index (χ2n) is 4.83. The van der Waals surface area contributed by atoms with Gasteiger partial charge in [0.2, 0.25) is 0 Å². The number of carbonyl (C=O) groups excluding carboxylic acids is 2. The summed E-state index contributed by atoms with van der Waals surface area (Å²) in [6.45, 7) is 15.4. The molecule has 0 bridgehead atoms. The third-order valence-electron chi connectivity index (χ3n) is 3.61. The van der Waals surface area contributed by atoms with Gasteiger partial charge in [-0.1, -0.05) is 60.8 Å². The first kappa shape index (κ1) is 25.3. The smallest absolute Gasteiger partial charge is 0.132 e. The molecule has 0 saturated heterocycles. The predicted octanol–water partition coefficient (Wildman–Crippen LogP) is 6.22. The van der Waals surface area contributed by atoms with Crippen LogP contribution in [-0.4, -0.2) is 11.6 Å². The van der Waals surface area contributed by atoms with Crippen molar-refractivity contribution in [3.05, 3.63) is 0 Å². The monoisotopic (exact) mass is 300 g/mol. The molecule has 0 amide bonds. The van der Waals surface area contributed by atoms with Gasteiger partial charge in [0.15, 0.2) is 0 Å². The van der Waals surface area contributed by atoms with Crippen molar-refractivity contribution >= 4 is 11.6 Å². The van der Waals surface area contributed by atoms with Crippen molar-refractivity contribution in [1.29, 1.82) is 0 Å². The second-order valence-corrected chi connectivity index (χ2v) is 4.83.